The van der Waals surface area contributed by atoms with Gasteiger partial charge in [0.15, 0.2) is 0 Å². The van der Waals surface area contributed by atoms with Gasteiger partial charge >= 0.3 is 5.97 Å². The van der Waals surface area contributed by atoms with E-state index < -0.39 is 5.97 Å². The summed E-state index contributed by atoms with van der Waals surface area (Å²) in [5.41, 5.74) is 3.20. The molecule has 24 heavy (non-hydrogen) atoms. The molecule has 8 heteroatoms. The van der Waals surface area contributed by atoms with Crippen molar-refractivity contribution in [3.63, 3.8) is 0 Å². The summed E-state index contributed by atoms with van der Waals surface area (Å²) in [5.74, 6) is -1.05. The Hall–Kier alpha value is -2.64. The Kier molecular flexibility index (Phi) is 5.38. The number of rotatable bonds is 7. The van der Waals surface area contributed by atoms with Crippen molar-refractivity contribution in [3.8, 4) is 0 Å². The van der Waals surface area contributed by atoms with E-state index in [9.17, 15) is 9.59 Å². The highest BCUT2D eigenvalue weighted by molar-refractivity contribution is 5.86. The molecule has 0 aromatic carbocycles. The first-order chi connectivity index (χ1) is 11.3. The molecule has 0 spiro atoms. The molecule has 130 valence electrons. The van der Waals surface area contributed by atoms with Crippen molar-refractivity contribution in [1.82, 2.24) is 24.5 Å². The predicted octanol–water partition coefficient (Wildman–Crippen LogP) is 1.46. The highest BCUT2D eigenvalue weighted by atomic mass is 16.4. The number of aryl methyl sites for hydroxylation is 3. The van der Waals surface area contributed by atoms with Crippen molar-refractivity contribution in [1.29, 1.82) is 0 Å². The standard InChI is InChI=1S/C16H23N5O3/c1-5-21-12(3)14(11(2)18-21)10-19(4)15(22)6-7-20-9-13(8-17-20)16(23)24/h8-9H,5-7,10H2,1-4H3,(H,23,24). The molecule has 0 aliphatic heterocycles. The van der Waals surface area contributed by atoms with Crippen molar-refractivity contribution >= 4 is 11.9 Å². The second-order valence-electron chi connectivity index (χ2n) is 5.76. The lowest BCUT2D eigenvalue weighted by atomic mass is 10.2. The molecule has 0 atom stereocenters. The van der Waals surface area contributed by atoms with E-state index in [2.05, 4.69) is 10.2 Å². The van der Waals surface area contributed by atoms with Gasteiger partial charge in [-0.15, -0.1) is 0 Å². The Morgan fingerprint density at radius 1 is 1.33 bits per heavy atom. The van der Waals surface area contributed by atoms with Crippen LogP contribution in [-0.4, -0.2) is 48.5 Å². The summed E-state index contributed by atoms with van der Waals surface area (Å²) in [5, 5.41) is 17.3. The molecule has 8 nitrogen and oxygen atoms in total. The number of carboxylic acid groups (broad SMARTS) is 1. The molecular formula is C16H23N5O3. The normalized spacial score (nSPS) is 10.8. The minimum absolute atomic E-state index is 0.0228. The van der Waals surface area contributed by atoms with Gasteiger partial charge in [-0.2, -0.15) is 10.2 Å². The van der Waals surface area contributed by atoms with Crippen LogP contribution in [0.3, 0.4) is 0 Å². The van der Waals surface area contributed by atoms with Crippen molar-refractivity contribution in [2.75, 3.05) is 7.05 Å². The van der Waals surface area contributed by atoms with Gasteiger partial charge in [-0.1, -0.05) is 0 Å². The highest BCUT2D eigenvalue weighted by Crippen LogP contribution is 2.15. The van der Waals surface area contributed by atoms with Crippen LogP contribution >= 0.6 is 0 Å². The molecule has 2 rings (SSSR count). The molecule has 0 bridgehead atoms. The van der Waals surface area contributed by atoms with E-state index in [0.717, 1.165) is 23.5 Å². The summed E-state index contributed by atoms with van der Waals surface area (Å²) in [6.45, 7) is 7.65. The lowest BCUT2D eigenvalue weighted by molar-refractivity contribution is -0.130. The van der Waals surface area contributed by atoms with E-state index in [-0.39, 0.29) is 17.9 Å². The first-order valence-corrected chi connectivity index (χ1v) is 7.86. The number of carboxylic acids is 1. The number of carbonyl (C=O) groups is 2. The van der Waals surface area contributed by atoms with Gasteiger partial charge in [0.1, 0.15) is 0 Å². The molecule has 2 aromatic rings. The minimum atomic E-state index is -1.02. The lowest BCUT2D eigenvalue weighted by Gasteiger charge is -2.17. The maximum Gasteiger partial charge on any atom is 0.338 e. The molecule has 2 heterocycles. The zero-order valence-corrected chi connectivity index (χ0v) is 14.5. The molecule has 0 saturated carbocycles. The molecule has 0 fully saturated rings. The Labute approximate surface area is 140 Å². The average molecular weight is 333 g/mol. The minimum Gasteiger partial charge on any atom is -0.478 e. The topological polar surface area (TPSA) is 93.2 Å². The molecule has 0 saturated heterocycles. The van der Waals surface area contributed by atoms with Crippen molar-refractivity contribution in [2.45, 2.75) is 46.8 Å². The molecule has 0 radical (unpaired) electrons. The number of amides is 1. The molecule has 1 amide bonds. The van der Waals surface area contributed by atoms with E-state index in [1.165, 1.54) is 17.1 Å². The quantitative estimate of drug-likeness (QED) is 0.828. The van der Waals surface area contributed by atoms with Crippen LogP contribution in [0.2, 0.25) is 0 Å². The van der Waals surface area contributed by atoms with Crippen LogP contribution in [0.4, 0.5) is 0 Å². The van der Waals surface area contributed by atoms with Crippen LogP contribution in [0.25, 0.3) is 0 Å². The van der Waals surface area contributed by atoms with Crippen LogP contribution in [0.15, 0.2) is 12.4 Å². The Bertz CT molecular complexity index is 747. The summed E-state index contributed by atoms with van der Waals surface area (Å²) >= 11 is 0. The van der Waals surface area contributed by atoms with E-state index in [1.807, 2.05) is 25.5 Å². The largest absolute Gasteiger partial charge is 0.478 e. The number of aromatic nitrogens is 4. The second kappa shape index (κ2) is 7.29. The molecule has 0 unspecified atom stereocenters. The third-order valence-corrected chi connectivity index (χ3v) is 4.09. The summed E-state index contributed by atoms with van der Waals surface area (Å²) in [6, 6.07) is 0. The Morgan fingerprint density at radius 2 is 2.04 bits per heavy atom. The van der Waals surface area contributed by atoms with Crippen LogP contribution in [0.5, 0.6) is 0 Å². The van der Waals surface area contributed by atoms with Crippen LogP contribution in [-0.2, 0) is 24.4 Å². The van der Waals surface area contributed by atoms with Gasteiger partial charge in [0.05, 0.1) is 17.5 Å². The van der Waals surface area contributed by atoms with Crippen LogP contribution < -0.4 is 0 Å². The van der Waals surface area contributed by atoms with Gasteiger partial charge in [-0.3, -0.25) is 14.2 Å². The van der Waals surface area contributed by atoms with Gasteiger partial charge in [0.2, 0.25) is 5.91 Å². The molecule has 0 aliphatic rings. The zero-order chi connectivity index (χ0) is 17.9. The number of hydrogen-bond acceptors (Lipinski definition) is 4. The zero-order valence-electron chi connectivity index (χ0n) is 14.5. The summed E-state index contributed by atoms with van der Waals surface area (Å²) in [6.07, 6.45) is 2.97. The first-order valence-electron chi connectivity index (χ1n) is 7.86. The van der Waals surface area contributed by atoms with Crippen molar-refractivity contribution in [3.05, 3.63) is 34.9 Å². The Balaban J connectivity index is 1.94. The van der Waals surface area contributed by atoms with E-state index in [4.69, 9.17) is 5.11 Å². The molecule has 1 N–H and O–H groups in total. The van der Waals surface area contributed by atoms with Gasteiger partial charge in [-0.25, -0.2) is 4.79 Å². The third kappa shape index (κ3) is 3.81. The summed E-state index contributed by atoms with van der Waals surface area (Å²) in [7, 11) is 1.76. The smallest absolute Gasteiger partial charge is 0.338 e. The predicted molar refractivity (Wildman–Crippen MR) is 87.7 cm³/mol. The Morgan fingerprint density at radius 3 is 2.58 bits per heavy atom. The fraction of sp³-hybridized carbons (Fsp3) is 0.500. The van der Waals surface area contributed by atoms with Gasteiger partial charge in [0, 0.05) is 50.6 Å². The lowest BCUT2D eigenvalue weighted by Crippen LogP contribution is -2.27. The van der Waals surface area contributed by atoms with Gasteiger partial charge in [-0.05, 0) is 20.8 Å². The van der Waals surface area contributed by atoms with E-state index >= 15 is 0 Å². The third-order valence-electron chi connectivity index (χ3n) is 4.09. The number of carbonyl (C=O) groups excluding carboxylic acids is 1. The van der Waals surface area contributed by atoms with Crippen molar-refractivity contribution < 1.29 is 14.7 Å². The fourth-order valence-electron chi connectivity index (χ4n) is 2.59. The van der Waals surface area contributed by atoms with Crippen molar-refractivity contribution in [2.24, 2.45) is 0 Å². The van der Waals surface area contributed by atoms with E-state index in [1.54, 1.807) is 11.9 Å². The van der Waals surface area contributed by atoms with Crippen LogP contribution in [0, 0.1) is 13.8 Å². The molecule has 0 aliphatic carbocycles. The van der Waals surface area contributed by atoms with E-state index in [0.29, 0.717) is 13.1 Å². The number of aromatic carboxylic acids is 1. The summed E-state index contributed by atoms with van der Waals surface area (Å²) < 4.78 is 3.40. The van der Waals surface area contributed by atoms with Gasteiger partial charge < -0.3 is 10.0 Å². The monoisotopic (exact) mass is 333 g/mol. The number of hydrogen-bond donors (Lipinski definition) is 1. The highest BCUT2D eigenvalue weighted by Gasteiger charge is 2.16. The van der Waals surface area contributed by atoms with Crippen LogP contribution in [0.1, 0.15) is 40.7 Å². The SMILES string of the molecule is CCn1nc(C)c(CN(C)C(=O)CCn2cc(C(=O)O)cn2)c1C. The summed E-state index contributed by atoms with van der Waals surface area (Å²) in [4.78, 5) is 24.8. The van der Waals surface area contributed by atoms with Gasteiger partial charge in [0.25, 0.3) is 0 Å². The first kappa shape index (κ1) is 17.7. The molecular weight excluding hydrogens is 310 g/mol. The molecule has 2 aromatic heterocycles. The second-order valence-corrected chi connectivity index (χ2v) is 5.76. The average Bonchev–Trinajstić information content (AvgIpc) is 3.12. The number of nitrogens with zero attached hydrogens (tertiary/aromatic N) is 5. The maximum atomic E-state index is 12.3. The maximum absolute atomic E-state index is 12.3. The fourth-order valence-corrected chi connectivity index (χ4v) is 2.59.